The average molecular weight is 346 g/mol. The van der Waals surface area contributed by atoms with Crippen LogP contribution in [0.5, 0.6) is 11.5 Å². The molecule has 8 heteroatoms. The molecule has 1 aromatic rings. The summed E-state index contributed by atoms with van der Waals surface area (Å²) in [5.74, 6) is 1.01. The molecule has 0 atom stereocenters. The summed E-state index contributed by atoms with van der Waals surface area (Å²) >= 11 is 0. The maximum atomic E-state index is 12.4. The smallest absolute Gasteiger partial charge is 0.401 e. The molecule has 0 spiro atoms. The highest BCUT2D eigenvalue weighted by Gasteiger charge is 2.32. The third kappa shape index (κ3) is 5.02. The summed E-state index contributed by atoms with van der Waals surface area (Å²) < 4.78 is 47.5. The number of carbonyl (C=O) groups is 1. The second-order valence-corrected chi connectivity index (χ2v) is 5.64. The van der Waals surface area contributed by atoms with Gasteiger partial charge in [0.2, 0.25) is 5.91 Å². The maximum absolute atomic E-state index is 12.4. The van der Waals surface area contributed by atoms with Gasteiger partial charge in [0, 0.05) is 26.2 Å². The molecule has 1 saturated heterocycles. The number of benzene rings is 1. The van der Waals surface area contributed by atoms with E-state index in [4.69, 9.17) is 9.47 Å². The maximum Gasteiger partial charge on any atom is 0.401 e. The van der Waals surface area contributed by atoms with Crippen LogP contribution >= 0.6 is 0 Å². The van der Waals surface area contributed by atoms with Crippen LogP contribution in [0.4, 0.5) is 13.2 Å². The minimum atomic E-state index is -4.20. The van der Waals surface area contributed by atoms with E-state index >= 15 is 0 Å². The fourth-order valence-electron chi connectivity index (χ4n) is 2.69. The van der Waals surface area contributed by atoms with Crippen molar-refractivity contribution in [3.63, 3.8) is 0 Å². The highest BCUT2D eigenvalue weighted by atomic mass is 19.4. The Morgan fingerprint density at radius 3 is 2.25 bits per heavy atom. The van der Waals surface area contributed by atoms with Crippen molar-refractivity contribution in [2.75, 3.05) is 46.9 Å². The lowest BCUT2D eigenvalue weighted by Crippen LogP contribution is -2.51. The van der Waals surface area contributed by atoms with Gasteiger partial charge in [-0.05, 0) is 17.7 Å². The number of halogens is 3. The van der Waals surface area contributed by atoms with Crippen molar-refractivity contribution < 1.29 is 27.4 Å². The number of amides is 1. The molecule has 134 valence electrons. The lowest BCUT2D eigenvalue weighted by Gasteiger charge is -2.35. The Hall–Kier alpha value is -1.96. The Morgan fingerprint density at radius 2 is 1.71 bits per heavy atom. The number of piperazine rings is 1. The zero-order valence-electron chi connectivity index (χ0n) is 13.7. The third-order valence-electron chi connectivity index (χ3n) is 3.93. The molecular formula is C16H21F3N2O3. The first-order chi connectivity index (χ1) is 11.3. The topological polar surface area (TPSA) is 42.0 Å². The first-order valence-corrected chi connectivity index (χ1v) is 7.60. The SMILES string of the molecule is COc1ccc(CC(=O)N2CCN(CC(F)(F)F)CC2)cc1OC. The van der Waals surface area contributed by atoms with Gasteiger partial charge >= 0.3 is 6.18 Å². The van der Waals surface area contributed by atoms with E-state index in [1.807, 2.05) is 0 Å². The van der Waals surface area contributed by atoms with E-state index in [2.05, 4.69) is 0 Å². The highest BCUT2D eigenvalue weighted by Crippen LogP contribution is 2.28. The molecule has 24 heavy (non-hydrogen) atoms. The van der Waals surface area contributed by atoms with Crippen LogP contribution in [0.1, 0.15) is 5.56 Å². The van der Waals surface area contributed by atoms with Crippen molar-refractivity contribution in [1.29, 1.82) is 0 Å². The molecule has 5 nitrogen and oxygen atoms in total. The van der Waals surface area contributed by atoms with Gasteiger partial charge in [-0.2, -0.15) is 13.2 Å². The highest BCUT2D eigenvalue weighted by molar-refractivity contribution is 5.79. The van der Waals surface area contributed by atoms with Crippen LogP contribution in [0.25, 0.3) is 0 Å². The van der Waals surface area contributed by atoms with E-state index in [1.165, 1.54) is 19.1 Å². The number of ether oxygens (including phenoxy) is 2. The predicted molar refractivity (Wildman–Crippen MR) is 82.3 cm³/mol. The fourth-order valence-corrected chi connectivity index (χ4v) is 2.69. The molecule has 0 unspecified atom stereocenters. The number of methoxy groups -OCH3 is 2. The standard InChI is InChI=1S/C16H21F3N2O3/c1-23-13-4-3-12(9-14(13)24-2)10-15(22)21-7-5-20(6-8-21)11-16(17,18)19/h3-4,9H,5-8,10-11H2,1-2H3. The molecule has 1 fully saturated rings. The predicted octanol–water partition coefficient (Wildman–Crippen LogP) is 1.95. The molecule has 0 radical (unpaired) electrons. The van der Waals surface area contributed by atoms with Crippen molar-refractivity contribution in [3.05, 3.63) is 23.8 Å². The van der Waals surface area contributed by atoms with E-state index in [1.54, 1.807) is 23.1 Å². The first kappa shape index (κ1) is 18.4. The van der Waals surface area contributed by atoms with Gasteiger partial charge in [-0.25, -0.2) is 0 Å². The van der Waals surface area contributed by atoms with Gasteiger partial charge in [-0.15, -0.1) is 0 Å². The molecule has 1 aliphatic heterocycles. The molecule has 0 aromatic heterocycles. The molecule has 0 N–H and O–H groups in total. The average Bonchev–Trinajstić information content (AvgIpc) is 2.53. The second kappa shape index (κ2) is 7.74. The molecule has 1 aromatic carbocycles. The van der Waals surface area contributed by atoms with Gasteiger partial charge in [0.25, 0.3) is 0 Å². The first-order valence-electron chi connectivity index (χ1n) is 7.60. The van der Waals surface area contributed by atoms with Crippen LogP contribution in [-0.4, -0.2) is 68.8 Å². The molecular weight excluding hydrogens is 325 g/mol. The van der Waals surface area contributed by atoms with E-state index in [-0.39, 0.29) is 25.4 Å². The molecule has 1 amide bonds. The van der Waals surface area contributed by atoms with Crippen LogP contribution in [-0.2, 0) is 11.2 Å². The van der Waals surface area contributed by atoms with Crippen molar-refractivity contribution in [2.24, 2.45) is 0 Å². The van der Waals surface area contributed by atoms with Crippen LogP contribution in [0.15, 0.2) is 18.2 Å². The van der Waals surface area contributed by atoms with Gasteiger partial charge in [-0.3, -0.25) is 9.69 Å². The van der Waals surface area contributed by atoms with Crippen LogP contribution in [0.3, 0.4) is 0 Å². The Morgan fingerprint density at radius 1 is 1.08 bits per heavy atom. The zero-order chi connectivity index (χ0) is 17.7. The Labute approximate surface area is 138 Å². The minimum Gasteiger partial charge on any atom is -0.493 e. The number of rotatable bonds is 5. The second-order valence-electron chi connectivity index (χ2n) is 5.64. The number of hydrogen-bond donors (Lipinski definition) is 0. The minimum absolute atomic E-state index is 0.103. The molecule has 1 heterocycles. The summed E-state index contributed by atoms with van der Waals surface area (Å²) in [7, 11) is 3.05. The summed E-state index contributed by atoms with van der Waals surface area (Å²) in [5, 5.41) is 0. The summed E-state index contributed by atoms with van der Waals surface area (Å²) in [5.41, 5.74) is 0.773. The number of hydrogen-bond acceptors (Lipinski definition) is 4. The van der Waals surface area contributed by atoms with Crippen LogP contribution in [0, 0.1) is 0 Å². The van der Waals surface area contributed by atoms with Crippen molar-refractivity contribution >= 4 is 5.91 Å². The number of carbonyl (C=O) groups excluding carboxylic acids is 1. The fraction of sp³-hybridized carbons (Fsp3) is 0.562. The largest absolute Gasteiger partial charge is 0.493 e. The van der Waals surface area contributed by atoms with E-state index < -0.39 is 12.7 Å². The molecule has 0 saturated carbocycles. The number of nitrogens with zero attached hydrogens (tertiary/aromatic N) is 2. The number of alkyl halides is 3. The Kier molecular flexibility index (Phi) is 5.93. The van der Waals surface area contributed by atoms with Crippen molar-refractivity contribution in [1.82, 2.24) is 9.80 Å². The van der Waals surface area contributed by atoms with Crippen molar-refractivity contribution in [2.45, 2.75) is 12.6 Å². The molecule has 2 rings (SSSR count). The quantitative estimate of drug-likeness (QED) is 0.817. The zero-order valence-corrected chi connectivity index (χ0v) is 13.7. The van der Waals surface area contributed by atoms with Crippen molar-refractivity contribution in [3.8, 4) is 11.5 Å². The molecule has 0 bridgehead atoms. The van der Waals surface area contributed by atoms with Gasteiger partial charge in [0.15, 0.2) is 11.5 Å². The van der Waals surface area contributed by atoms with Gasteiger partial charge in [-0.1, -0.05) is 6.07 Å². The van der Waals surface area contributed by atoms with E-state index in [9.17, 15) is 18.0 Å². The summed E-state index contributed by atoms with van der Waals surface area (Å²) in [4.78, 5) is 15.2. The summed E-state index contributed by atoms with van der Waals surface area (Å²) in [6.07, 6.45) is -4.02. The lowest BCUT2D eigenvalue weighted by molar-refractivity contribution is -0.151. The van der Waals surface area contributed by atoms with E-state index in [0.29, 0.717) is 24.6 Å². The third-order valence-corrected chi connectivity index (χ3v) is 3.93. The van der Waals surface area contributed by atoms with Gasteiger partial charge < -0.3 is 14.4 Å². The molecule has 0 aliphatic carbocycles. The Balaban J connectivity index is 1.90. The summed E-state index contributed by atoms with van der Waals surface area (Å²) in [6.45, 7) is 0.156. The van der Waals surface area contributed by atoms with Gasteiger partial charge in [0.05, 0.1) is 27.2 Å². The Bertz CT molecular complexity index is 570. The monoisotopic (exact) mass is 346 g/mol. The van der Waals surface area contributed by atoms with Gasteiger partial charge in [0.1, 0.15) is 0 Å². The lowest BCUT2D eigenvalue weighted by atomic mass is 10.1. The van der Waals surface area contributed by atoms with Crippen LogP contribution in [0.2, 0.25) is 0 Å². The summed E-state index contributed by atoms with van der Waals surface area (Å²) in [6, 6.07) is 5.23. The molecule has 1 aliphatic rings. The van der Waals surface area contributed by atoms with E-state index in [0.717, 1.165) is 5.56 Å². The normalized spacial score (nSPS) is 16.1. The van der Waals surface area contributed by atoms with Crippen LogP contribution < -0.4 is 9.47 Å².